The molecule has 0 aromatic rings. The van der Waals surface area contributed by atoms with Crippen LogP contribution >= 0.6 is 0 Å². The first-order valence-electron chi connectivity index (χ1n) is 8.30. The molecule has 0 bridgehead atoms. The minimum absolute atomic E-state index is 0.323. The zero-order valence-corrected chi connectivity index (χ0v) is 13.2. The molecule has 0 radical (unpaired) electrons. The van der Waals surface area contributed by atoms with Gasteiger partial charge in [-0.15, -0.1) is 0 Å². The summed E-state index contributed by atoms with van der Waals surface area (Å²) in [5.74, 6) is 1.60. The molecule has 0 aliphatic heterocycles. The summed E-state index contributed by atoms with van der Waals surface area (Å²) in [6.07, 6.45) is 9.86. The fraction of sp³-hybridized carbons (Fsp3) is 0.833. The fourth-order valence-electron chi connectivity index (χ4n) is 4.94. The molecule has 108 valence electrons. The number of hydrogen-bond acceptors (Lipinski definition) is 1. The molecule has 0 saturated carbocycles. The third-order valence-electron chi connectivity index (χ3n) is 6.17. The lowest BCUT2D eigenvalue weighted by atomic mass is 9.56. The van der Waals surface area contributed by atoms with E-state index in [-0.39, 0.29) is 0 Å². The van der Waals surface area contributed by atoms with Crippen LogP contribution in [0.3, 0.4) is 0 Å². The lowest BCUT2D eigenvalue weighted by molar-refractivity contribution is -0.121. The van der Waals surface area contributed by atoms with Crippen molar-refractivity contribution in [3.63, 3.8) is 0 Å². The lowest BCUT2D eigenvalue weighted by Gasteiger charge is -2.49. The highest BCUT2D eigenvalue weighted by molar-refractivity contribution is 5.78. The van der Waals surface area contributed by atoms with Crippen molar-refractivity contribution < 1.29 is 4.79 Å². The summed E-state index contributed by atoms with van der Waals surface area (Å²) in [6.45, 7) is 8.89. The second kappa shape index (κ2) is 5.81. The Hall–Kier alpha value is -0.590. The molecule has 1 nitrogen and oxygen atoms in total. The third kappa shape index (κ3) is 2.41. The largest absolute Gasteiger partial charge is 0.300 e. The number of carbonyl (C=O) groups excluding carboxylic acids is 1. The summed E-state index contributed by atoms with van der Waals surface area (Å²) in [6, 6.07) is 0. The van der Waals surface area contributed by atoms with E-state index in [9.17, 15) is 4.79 Å². The molecule has 2 rings (SSSR count). The van der Waals surface area contributed by atoms with Crippen molar-refractivity contribution in [3.8, 4) is 0 Å². The molecular weight excluding hydrogens is 232 g/mol. The number of rotatable bonds is 4. The maximum absolute atomic E-state index is 11.7. The van der Waals surface area contributed by atoms with Crippen LogP contribution in [0.1, 0.15) is 79.1 Å². The first-order chi connectivity index (χ1) is 9.08. The highest BCUT2D eigenvalue weighted by atomic mass is 16.1. The summed E-state index contributed by atoms with van der Waals surface area (Å²) in [5, 5.41) is 0. The molecule has 0 saturated heterocycles. The Morgan fingerprint density at radius 3 is 2.37 bits per heavy atom. The van der Waals surface area contributed by atoms with Crippen LogP contribution in [0.4, 0.5) is 0 Å². The fourth-order valence-corrected chi connectivity index (χ4v) is 4.94. The number of ketones is 1. The van der Waals surface area contributed by atoms with Crippen molar-refractivity contribution in [3.05, 3.63) is 11.1 Å². The highest BCUT2D eigenvalue weighted by Gasteiger charge is 2.43. The lowest BCUT2D eigenvalue weighted by Crippen LogP contribution is -2.37. The minimum Gasteiger partial charge on any atom is -0.300 e. The van der Waals surface area contributed by atoms with Gasteiger partial charge in [0.2, 0.25) is 0 Å². The van der Waals surface area contributed by atoms with Gasteiger partial charge in [0, 0.05) is 5.92 Å². The topological polar surface area (TPSA) is 17.1 Å². The Morgan fingerprint density at radius 1 is 1.16 bits per heavy atom. The van der Waals surface area contributed by atoms with Gasteiger partial charge in [-0.3, -0.25) is 4.79 Å². The Bertz CT molecular complexity index is 373. The van der Waals surface area contributed by atoms with Gasteiger partial charge in [-0.05, 0) is 63.2 Å². The van der Waals surface area contributed by atoms with Crippen LogP contribution in [0.15, 0.2) is 11.1 Å². The van der Waals surface area contributed by atoms with Crippen LogP contribution in [-0.2, 0) is 4.79 Å². The van der Waals surface area contributed by atoms with Crippen LogP contribution in [0.5, 0.6) is 0 Å². The van der Waals surface area contributed by atoms with E-state index in [1.165, 1.54) is 38.5 Å². The van der Waals surface area contributed by atoms with Gasteiger partial charge in [-0.1, -0.05) is 38.3 Å². The summed E-state index contributed by atoms with van der Waals surface area (Å²) < 4.78 is 0. The molecule has 2 aliphatic carbocycles. The number of hydrogen-bond donors (Lipinski definition) is 0. The SMILES string of the molecule is CCC1CCC2=C(CCC(C(C)=O)C2)C1(CC)CC. The molecule has 2 atom stereocenters. The predicted octanol–water partition coefficient (Wildman–Crippen LogP) is 5.30. The second-order valence-electron chi connectivity index (χ2n) is 6.64. The number of allylic oxidation sites excluding steroid dienone is 2. The molecule has 1 heteroatoms. The standard InChI is InChI=1S/C18H30O/c1-5-16-10-8-15-12-14(13(4)19)9-11-17(15)18(16,6-2)7-3/h14,16H,5-12H2,1-4H3. The van der Waals surface area contributed by atoms with E-state index in [1.807, 2.05) is 0 Å². The van der Waals surface area contributed by atoms with Crippen LogP contribution in [0.2, 0.25) is 0 Å². The smallest absolute Gasteiger partial charge is 0.133 e. The number of carbonyl (C=O) groups is 1. The average Bonchev–Trinajstić information content (AvgIpc) is 2.45. The average molecular weight is 262 g/mol. The molecule has 0 amide bonds. The molecule has 0 N–H and O–H groups in total. The van der Waals surface area contributed by atoms with E-state index in [0.717, 1.165) is 18.8 Å². The van der Waals surface area contributed by atoms with Gasteiger partial charge in [-0.2, -0.15) is 0 Å². The summed E-state index contributed by atoms with van der Waals surface area (Å²) in [5.41, 5.74) is 3.90. The van der Waals surface area contributed by atoms with Crippen LogP contribution in [0.25, 0.3) is 0 Å². The molecule has 0 aromatic carbocycles. The Kier molecular flexibility index (Phi) is 4.53. The monoisotopic (exact) mass is 262 g/mol. The summed E-state index contributed by atoms with van der Waals surface area (Å²) in [7, 11) is 0. The molecule has 0 spiro atoms. The third-order valence-corrected chi connectivity index (χ3v) is 6.17. The van der Waals surface area contributed by atoms with E-state index >= 15 is 0 Å². The van der Waals surface area contributed by atoms with Gasteiger partial charge in [0.05, 0.1) is 0 Å². The zero-order chi connectivity index (χ0) is 14.0. The van der Waals surface area contributed by atoms with Gasteiger partial charge in [-0.25, -0.2) is 0 Å². The Labute approximate surface area is 118 Å². The van der Waals surface area contributed by atoms with E-state index in [0.29, 0.717) is 17.1 Å². The number of Topliss-reactive ketones (excluding diaryl/α,β-unsaturated/α-hetero) is 1. The molecule has 0 fully saturated rings. The summed E-state index contributed by atoms with van der Waals surface area (Å²) in [4.78, 5) is 11.7. The molecule has 19 heavy (non-hydrogen) atoms. The van der Waals surface area contributed by atoms with Crippen LogP contribution < -0.4 is 0 Å². The van der Waals surface area contributed by atoms with Crippen molar-refractivity contribution in [2.24, 2.45) is 17.3 Å². The Balaban J connectivity index is 2.35. The quantitative estimate of drug-likeness (QED) is 0.628. The van der Waals surface area contributed by atoms with Crippen molar-refractivity contribution in [2.75, 3.05) is 0 Å². The van der Waals surface area contributed by atoms with Crippen molar-refractivity contribution >= 4 is 5.78 Å². The Morgan fingerprint density at radius 2 is 1.84 bits per heavy atom. The van der Waals surface area contributed by atoms with Crippen LogP contribution in [0, 0.1) is 17.3 Å². The normalized spacial score (nSPS) is 30.1. The molecular formula is C18H30O. The van der Waals surface area contributed by atoms with E-state index in [2.05, 4.69) is 20.8 Å². The molecule has 2 aliphatic rings. The highest BCUT2D eigenvalue weighted by Crippen LogP contribution is 2.55. The maximum atomic E-state index is 11.7. The first-order valence-corrected chi connectivity index (χ1v) is 8.30. The summed E-state index contributed by atoms with van der Waals surface area (Å²) >= 11 is 0. The van der Waals surface area contributed by atoms with Gasteiger partial charge >= 0.3 is 0 Å². The first kappa shape index (κ1) is 14.8. The second-order valence-corrected chi connectivity index (χ2v) is 6.64. The van der Waals surface area contributed by atoms with E-state index < -0.39 is 0 Å². The van der Waals surface area contributed by atoms with E-state index in [4.69, 9.17) is 0 Å². The van der Waals surface area contributed by atoms with Gasteiger partial charge in [0.1, 0.15) is 5.78 Å². The van der Waals surface area contributed by atoms with Gasteiger partial charge in [0.25, 0.3) is 0 Å². The van der Waals surface area contributed by atoms with Crippen molar-refractivity contribution in [2.45, 2.75) is 79.1 Å². The van der Waals surface area contributed by atoms with Gasteiger partial charge < -0.3 is 0 Å². The van der Waals surface area contributed by atoms with Crippen molar-refractivity contribution in [1.29, 1.82) is 0 Å². The predicted molar refractivity (Wildman–Crippen MR) is 81.1 cm³/mol. The van der Waals surface area contributed by atoms with Gasteiger partial charge in [0.15, 0.2) is 0 Å². The van der Waals surface area contributed by atoms with Crippen molar-refractivity contribution in [1.82, 2.24) is 0 Å². The van der Waals surface area contributed by atoms with E-state index in [1.54, 1.807) is 18.1 Å². The van der Waals surface area contributed by atoms with Crippen LogP contribution in [-0.4, -0.2) is 5.78 Å². The molecule has 0 heterocycles. The zero-order valence-electron chi connectivity index (χ0n) is 13.2. The molecule has 0 aromatic heterocycles. The maximum Gasteiger partial charge on any atom is 0.133 e. The molecule has 2 unspecified atom stereocenters. The minimum atomic E-state index is 0.323.